The number of carbonyl (C=O) groups is 1. The van der Waals surface area contributed by atoms with Crippen LogP contribution in [0.15, 0.2) is 42.5 Å². The summed E-state index contributed by atoms with van der Waals surface area (Å²) in [7, 11) is 0. The van der Waals surface area contributed by atoms with E-state index in [1.54, 1.807) is 4.68 Å². The fraction of sp³-hybridized carbons (Fsp3) is 0.240. The van der Waals surface area contributed by atoms with E-state index in [9.17, 15) is 4.79 Å². The van der Waals surface area contributed by atoms with Crippen molar-refractivity contribution in [2.75, 3.05) is 5.32 Å². The lowest BCUT2D eigenvalue weighted by molar-refractivity contribution is 0.102. The van der Waals surface area contributed by atoms with Crippen LogP contribution >= 0.6 is 23.2 Å². The van der Waals surface area contributed by atoms with Crippen LogP contribution in [-0.4, -0.2) is 20.7 Å². The minimum Gasteiger partial charge on any atom is -0.322 e. The third-order valence-corrected chi connectivity index (χ3v) is 6.87. The van der Waals surface area contributed by atoms with Crippen molar-refractivity contribution in [3.05, 3.63) is 80.6 Å². The molecule has 0 unspecified atom stereocenters. The highest BCUT2D eigenvalue weighted by Crippen LogP contribution is 2.41. The van der Waals surface area contributed by atoms with Gasteiger partial charge in [0, 0.05) is 27.3 Å². The van der Waals surface area contributed by atoms with E-state index < -0.39 is 0 Å². The number of rotatable bonds is 4. The largest absolute Gasteiger partial charge is 0.322 e. The van der Waals surface area contributed by atoms with E-state index in [0.717, 1.165) is 46.4 Å². The first kappa shape index (κ1) is 21.0. The lowest BCUT2D eigenvalue weighted by atomic mass is 10.1. The first-order chi connectivity index (χ1) is 15.3. The molecule has 5 nitrogen and oxygen atoms in total. The summed E-state index contributed by atoms with van der Waals surface area (Å²) in [6, 6.07) is 13.1. The molecular formula is C25H22Cl2N4O. The lowest BCUT2D eigenvalue weighted by Crippen LogP contribution is -2.14. The van der Waals surface area contributed by atoms with Crippen LogP contribution in [0.5, 0.6) is 0 Å². The standard InChI is InChI=1S/C25H22Cl2N4O/c1-13-18(26)6-4-8-20(13)29-25(32)17-12-21(16-10-11-16)28-24-23(17)15(3)30-31(24)22-9-5-7-19(27)14(22)2/h4-9,12,16H,10-11H2,1-3H3,(H,29,32). The molecule has 1 N–H and O–H groups in total. The smallest absolute Gasteiger partial charge is 0.256 e. The van der Waals surface area contributed by atoms with E-state index >= 15 is 0 Å². The van der Waals surface area contributed by atoms with Gasteiger partial charge in [0.15, 0.2) is 5.65 Å². The number of aromatic nitrogens is 3. The minimum atomic E-state index is -0.199. The Bertz CT molecular complexity index is 1390. The number of anilines is 1. The van der Waals surface area contributed by atoms with Gasteiger partial charge < -0.3 is 5.32 Å². The van der Waals surface area contributed by atoms with Crippen molar-refractivity contribution in [1.29, 1.82) is 0 Å². The molecule has 5 rings (SSSR count). The molecule has 2 aromatic carbocycles. The second kappa shape index (κ2) is 7.91. The number of pyridine rings is 1. The van der Waals surface area contributed by atoms with E-state index in [1.165, 1.54) is 0 Å². The zero-order valence-electron chi connectivity index (χ0n) is 18.0. The number of hydrogen-bond acceptors (Lipinski definition) is 3. The molecule has 0 bridgehead atoms. The van der Waals surface area contributed by atoms with Gasteiger partial charge in [0.25, 0.3) is 5.91 Å². The fourth-order valence-electron chi connectivity index (χ4n) is 4.00. The molecule has 162 valence electrons. The van der Waals surface area contributed by atoms with Gasteiger partial charge in [0.2, 0.25) is 0 Å². The molecule has 0 atom stereocenters. The molecule has 0 spiro atoms. The van der Waals surface area contributed by atoms with Crippen molar-refractivity contribution in [3.8, 4) is 5.69 Å². The number of fused-ring (bicyclic) bond motifs is 1. The second-order valence-electron chi connectivity index (χ2n) is 8.32. The Kier molecular flexibility index (Phi) is 5.19. The minimum absolute atomic E-state index is 0.199. The normalized spacial score (nSPS) is 13.5. The maximum absolute atomic E-state index is 13.5. The SMILES string of the molecule is Cc1c(Cl)cccc1NC(=O)c1cc(C2CC2)nc2c1c(C)nn2-c1cccc(Cl)c1C. The zero-order valence-corrected chi connectivity index (χ0v) is 19.6. The second-order valence-corrected chi connectivity index (χ2v) is 9.13. The maximum atomic E-state index is 13.5. The maximum Gasteiger partial charge on any atom is 0.256 e. The van der Waals surface area contributed by atoms with Crippen molar-refractivity contribution in [2.24, 2.45) is 0 Å². The highest BCUT2D eigenvalue weighted by Gasteiger charge is 2.29. The lowest BCUT2D eigenvalue weighted by Gasteiger charge is -2.12. The molecule has 0 saturated heterocycles. The van der Waals surface area contributed by atoms with Gasteiger partial charge in [-0.05, 0) is 75.1 Å². The van der Waals surface area contributed by atoms with Crippen LogP contribution in [0, 0.1) is 20.8 Å². The van der Waals surface area contributed by atoms with Crippen LogP contribution in [0.1, 0.15) is 51.6 Å². The van der Waals surface area contributed by atoms with Crippen molar-refractivity contribution in [1.82, 2.24) is 14.8 Å². The molecule has 4 aromatic rings. The van der Waals surface area contributed by atoms with E-state index in [4.69, 9.17) is 33.3 Å². The van der Waals surface area contributed by atoms with E-state index in [1.807, 2.05) is 63.2 Å². The zero-order chi connectivity index (χ0) is 22.6. The molecule has 1 aliphatic rings. The number of amides is 1. The molecule has 1 saturated carbocycles. The molecule has 0 radical (unpaired) electrons. The summed E-state index contributed by atoms with van der Waals surface area (Å²) in [4.78, 5) is 18.4. The van der Waals surface area contributed by atoms with Crippen LogP contribution in [0.3, 0.4) is 0 Å². The van der Waals surface area contributed by atoms with Crippen LogP contribution in [-0.2, 0) is 0 Å². The molecule has 7 heteroatoms. The number of carbonyl (C=O) groups excluding carboxylic acids is 1. The van der Waals surface area contributed by atoms with Gasteiger partial charge in [0.1, 0.15) is 0 Å². The Balaban J connectivity index is 1.69. The number of nitrogens with one attached hydrogen (secondary N) is 1. The number of nitrogens with zero attached hydrogens (tertiary/aromatic N) is 3. The van der Waals surface area contributed by atoms with Gasteiger partial charge >= 0.3 is 0 Å². The summed E-state index contributed by atoms with van der Waals surface area (Å²) in [5.41, 5.74) is 6.19. The number of aryl methyl sites for hydroxylation is 1. The van der Waals surface area contributed by atoms with E-state index in [-0.39, 0.29) is 5.91 Å². The molecule has 32 heavy (non-hydrogen) atoms. The third-order valence-electron chi connectivity index (χ3n) is 6.06. The van der Waals surface area contributed by atoms with Gasteiger partial charge in [-0.2, -0.15) is 5.10 Å². The van der Waals surface area contributed by atoms with Crippen LogP contribution in [0.2, 0.25) is 10.0 Å². The predicted molar refractivity (Wildman–Crippen MR) is 129 cm³/mol. The molecule has 1 fully saturated rings. The van der Waals surface area contributed by atoms with Crippen LogP contribution < -0.4 is 5.32 Å². The van der Waals surface area contributed by atoms with Crippen molar-refractivity contribution < 1.29 is 4.79 Å². The fourth-order valence-corrected chi connectivity index (χ4v) is 4.35. The van der Waals surface area contributed by atoms with Crippen LogP contribution in [0.25, 0.3) is 16.7 Å². The summed E-state index contributed by atoms with van der Waals surface area (Å²) in [6.45, 7) is 5.75. The van der Waals surface area contributed by atoms with Crippen LogP contribution in [0.4, 0.5) is 5.69 Å². The average Bonchev–Trinajstić information content (AvgIpc) is 3.57. The molecule has 1 amide bonds. The number of hydrogen-bond donors (Lipinski definition) is 1. The highest BCUT2D eigenvalue weighted by molar-refractivity contribution is 6.32. The summed E-state index contributed by atoms with van der Waals surface area (Å²) in [5.74, 6) is 0.179. The number of halogens is 2. The van der Waals surface area contributed by atoms with Gasteiger partial charge in [-0.25, -0.2) is 9.67 Å². The molecule has 1 aliphatic carbocycles. The van der Waals surface area contributed by atoms with Gasteiger partial charge in [-0.3, -0.25) is 4.79 Å². The first-order valence-electron chi connectivity index (χ1n) is 10.6. The highest BCUT2D eigenvalue weighted by atomic mass is 35.5. The summed E-state index contributed by atoms with van der Waals surface area (Å²) in [5, 5.41) is 9.81. The Morgan fingerprint density at radius 3 is 2.44 bits per heavy atom. The van der Waals surface area contributed by atoms with Crippen molar-refractivity contribution >= 4 is 45.8 Å². The predicted octanol–water partition coefficient (Wildman–Crippen LogP) is 6.78. The third kappa shape index (κ3) is 3.55. The Morgan fingerprint density at radius 2 is 1.72 bits per heavy atom. The topological polar surface area (TPSA) is 59.8 Å². The van der Waals surface area contributed by atoms with Gasteiger partial charge in [0.05, 0.1) is 22.3 Å². The summed E-state index contributed by atoms with van der Waals surface area (Å²) in [6.07, 6.45) is 2.16. The summed E-state index contributed by atoms with van der Waals surface area (Å²) < 4.78 is 1.80. The molecule has 0 aliphatic heterocycles. The molecule has 2 heterocycles. The summed E-state index contributed by atoms with van der Waals surface area (Å²) >= 11 is 12.6. The quantitative estimate of drug-likeness (QED) is 0.361. The Labute approximate surface area is 196 Å². The monoisotopic (exact) mass is 464 g/mol. The van der Waals surface area contributed by atoms with Gasteiger partial charge in [-0.15, -0.1) is 0 Å². The Hall–Kier alpha value is -2.89. The van der Waals surface area contributed by atoms with Gasteiger partial charge in [-0.1, -0.05) is 35.3 Å². The van der Waals surface area contributed by atoms with E-state index in [0.29, 0.717) is 32.9 Å². The molecular weight excluding hydrogens is 443 g/mol. The average molecular weight is 465 g/mol. The first-order valence-corrected chi connectivity index (χ1v) is 11.3. The Morgan fingerprint density at radius 1 is 1.03 bits per heavy atom. The number of benzene rings is 2. The molecule has 2 aromatic heterocycles. The van der Waals surface area contributed by atoms with Crippen molar-refractivity contribution in [2.45, 2.75) is 39.5 Å². The van der Waals surface area contributed by atoms with E-state index in [2.05, 4.69) is 5.32 Å². The van der Waals surface area contributed by atoms with Crippen molar-refractivity contribution in [3.63, 3.8) is 0 Å².